The van der Waals surface area contributed by atoms with Crippen LogP contribution in [0.15, 0.2) is 16.5 Å². The number of nitrogens with one attached hydrogen (secondary N) is 2. The van der Waals surface area contributed by atoms with Gasteiger partial charge in [0.25, 0.3) is 5.91 Å². The third-order valence-corrected chi connectivity index (χ3v) is 3.31. The number of carboxylic acids is 1. The normalized spacial score (nSPS) is 10.5. The zero-order valence-corrected chi connectivity index (χ0v) is 12.4. The molecule has 0 saturated heterocycles. The van der Waals surface area contributed by atoms with Crippen LogP contribution in [0.5, 0.6) is 0 Å². The molecule has 0 aromatic carbocycles. The van der Waals surface area contributed by atoms with E-state index in [1.807, 2.05) is 0 Å². The molecule has 0 radical (unpaired) electrons. The van der Waals surface area contributed by atoms with E-state index in [0.717, 1.165) is 0 Å². The molecule has 7 nitrogen and oxygen atoms in total. The van der Waals surface area contributed by atoms with Crippen molar-refractivity contribution in [1.82, 2.24) is 10.3 Å². The van der Waals surface area contributed by atoms with E-state index in [-0.39, 0.29) is 24.0 Å². The quantitative estimate of drug-likeness (QED) is 0.732. The number of aromatic carboxylic acids is 1. The number of ketones is 1. The van der Waals surface area contributed by atoms with Gasteiger partial charge in [-0.2, -0.15) is 0 Å². The van der Waals surface area contributed by atoms with Gasteiger partial charge < -0.3 is 19.8 Å². The Bertz CT molecular complexity index is 754. The Kier molecular flexibility index (Phi) is 4.16. The summed E-state index contributed by atoms with van der Waals surface area (Å²) >= 11 is 0. The zero-order chi connectivity index (χ0) is 16.4. The van der Waals surface area contributed by atoms with Crippen LogP contribution in [-0.4, -0.2) is 27.8 Å². The Balaban J connectivity index is 2.11. The first-order chi connectivity index (χ1) is 10.3. The number of amides is 1. The molecule has 3 N–H and O–H groups in total. The Morgan fingerprint density at radius 3 is 2.45 bits per heavy atom. The second kappa shape index (κ2) is 5.88. The Morgan fingerprint density at radius 2 is 1.95 bits per heavy atom. The van der Waals surface area contributed by atoms with Crippen LogP contribution < -0.4 is 5.32 Å². The van der Waals surface area contributed by atoms with Crippen LogP contribution in [-0.2, 0) is 6.54 Å². The summed E-state index contributed by atoms with van der Waals surface area (Å²) < 4.78 is 5.05. The number of aromatic nitrogens is 1. The fourth-order valence-corrected chi connectivity index (χ4v) is 2.35. The lowest BCUT2D eigenvalue weighted by atomic mass is 10.1. The summed E-state index contributed by atoms with van der Waals surface area (Å²) in [7, 11) is 0. The molecule has 0 aliphatic carbocycles. The van der Waals surface area contributed by atoms with Crippen LogP contribution in [0.3, 0.4) is 0 Å². The van der Waals surface area contributed by atoms with Crippen LogP contribution in [0.25, 0.3) is 0 Å². The third-order valence-electron chi connectivity index (χ3n) is 3.31. The number of carbonyl (C=O) groups is 3. The standard InChI is InChI=1S/C15H16N2O5/c1-7-12(9(3)18)8(2)17-13(7)14(19)16-6-10-4-5-11(22-10)15(20)21/h4-5,17H,6H2,1-3H3,(H,16,19)(H,20,21). The Labute approximate surface area is 126 Å². The van der Waals surface area contributed by atoms with E-state index >= 15 is 0 Å². The lowest BCUT2D eigenvalue weighted by molar-refractivity contribution is 0.0660. The maximum absolute atomic E-state index is 12.2. The van der Waals surface area contributed by atoms with Crippen LogP contribution >= 0.6 is 0 Å². The lowest BCUT2D eigenvalue weighted by Crippen LogP contribution is -2.23. The smallest absolute Gasteiger partial charge is 0.371 e. The van der Waals surface area contributed by atoms with Crippen molar-refractivity contribution in [2.45, 2.75) is 27.3 Å². The van der Waals surface area contributed by atoms with Crippen molar-refractivity contribution in [1.29, 1.82) is 0 Å². The first-order valence-corrected chi connectivity index (χ1v) is 6.61. The molecular formula is C15H16N2O5. The van der Waals surface area contributed by atoms with Crippen LogP contribution in [0.4, 0.5) is 0 Å². The monoisotopic (exact) mass is 304 g/mol. The first kappa shape index (κ1) is 15.6. The van der Waals surface area contributed by atoms with Gasteiger partial charge in [-0.15, -0.1) is 0 Å². The van der Waals surface area contributed by atoms with E-state index in [1.165, 1.54) is 19.1 Å². The third kappa shape index (κ3) is 2.93. The maximum atomic E-state index is 12.2. The van der Waals surface area contributed by atoms with Crippen molar-refractivity contribution < 1.29 is 23.9 Å². The predicted molar refractivity (Wildman–Crippen MR) is 77.1 cm³/mol. The number of Topliss-reactive ketones (excluding diaryl/α,β-unsaturated/α-hetero) is 1. The molecule has 22 heavy (non-hydrogen) atoms. The number of furan rings is 1. The number of H-pyrrole nitrogens is 1. The highest BCUT2D eigenvalue weighted by Crippen LogP contribution is 2.18. The van der Waals surface area contributed by atoms with Crippen LogP contribution in [0.1, 0.15) is 55.3 Å². The summed E-state index contributed by atoms with van der Waals surface area (Å²) in [6, 6.07) is 2.80. The van der Waals surface area contributed by atoms with Crippen LogP contribution in [0, 0.1) is 13.8 Å². The van der Waals surface area contributed by atoms with Gasteiger partial charge in [-0.25, -0.2) is 4.79 Å². The molecule has 2 rings (SSSR count). The average molecular weight is 304 g/mol. The summed E-state index contributed by atoms with van der Waals surface area (Å²) in [5.41, 5.74) is 2.05. The fraction of sp³-hybridized carbons (Fsp3) is 0.267. The minimum atomic E-state index is -1.17. The summed E-state index contributed by atoms with van der Waals surface area (Å²) in [6.45, 7) is 4.93. The Morgan fingerprint density at radius 1 is 1.27 bits per heavy atom. The molecule has 0 unspecified atom stereocenters. The van der Waals surface area contributed by atoms with Crippen molar-refractivity contribution in [2.75, 3.05) is 0 Å². The van der Waals surface area contributed by atoms with E-state index in [0.29, 0.717) is 28.3 Å². The molecule has 116 valence electrons. The van der Waals surface area contributed by atoms with Gasteiger partial charge >= 0.3 is 5.97 Å². The van der Waals surface area contributed by atoms with E-state index in [2.05, 4.69) is 10.3 Å². The summed E-state index contributed by atoms with van der Waals surface area (Å²) in [5, 5.41) is 11.4. The molecule has 0 aliphatic rings. The first-order valence-electron chi connectivity index (χ1n) is 6.61. The lowest BCUT2D eigenvalue weighted by Gasteiger charge is -2.03. The minimum Gasteiger partial charge on any atom is -0.475 e. The largest absolute Gasteiger partial charge is 0.475 e. The summed E-state index contributed by atoms with van der Waals surface area (Å²) in [4.78, 5) is 37.3. The topological polar surface area (TPSA) is 112 Å². The number of rotatable bonds is 5. The Hall–Kier alpha value is -2.83. The van der Waals surface area contributed by atoms with Gasteiger partial charge in [-0.3, -0.25) is 9.59 Å². The van der Waals surface area contributed by atoms with E-state index in [9.17, 15) is 14.4 Å². The second-order valence-electron chi connectivity index (χ2n) is 4.93. The predicted octanol–water partition coefficient (Wildman–Crippen LogP) is 2.06. The summed E-state index contributed by atoms with van der Waals surface area (Å²) in [6.07, 6.45) is 0. The molecule has 0 fully saturated rings. The highest BCUT2D eigenvalue weighted by Gasteiger charge is 2.20. The zero-order valence-electron chi connectivity index (χ0n) is 12.4. The molecule has 7 heteroatoms. The van der Waals surface area contributed by atoms with Crippen molar-refractivity contribution >= 4 is 17.7 Å². The van der Waals surface area contributed by atoms with Crippen molar-refractivity contribution in [3.8, 4) is 0 Å². The highest BCUT2D eigenvalue weighted by molar-refractivity contribution is 6.02. The number of carbonyl (C=O) groups excluding carboxylic acids is 2. The average Bonchev–Trinajstić information content (AvgIpc) is 3.01. The van der Waals surface area contributed by atoms with Gasteiger partial charge in [0.05, 0.1) is 6.54 Å². The molecule has 0 saturated carbocycles. The fourth-order valence-electron chi connectivity index (χ4n) is 2.35. The second-order valence-corrected chi connectivity index (χ2v) is 4.93. The molecule has 0 atom stereocenters. The van der Waals surface area contributed by atoms with E-state index < -0.39 is 5.97 Å². The number of hydrogen-bond acceptors (Lipinski definition) is 4. The molecule has 0 bridgehead atoms. The van der Waals surface area contributed by atoms with Gasteiger partial charge in [0.2, 0.25) is 5.76 Å². The van der Waals surface area contributed by atoms with Crippen molar-refractivity contribution in [2.24, 2.45) is 0 Å². The van der Waals surface area contributed by atoms with Gasteiger partial charge in [-0.1, -0.05) is 0 Å². The highest BCUT2D eigenvalue weighted by atomic mass is 16.4. The molecule has 0 aliphatic heterocycles. The SMILES string of the molecule is CC(=O)c1c(C)[nH]c(C(=O)NCc2ccc(C(=O)O)o2)c1C. The molecule has 0 spiro atoms. The van der Waals surface area contributed by atoms with Crippen molar-refractivity contribution in [3.63, 3.8) is 0 Å². The molecule has 1 amide bonds. The van der Waals surface area contributed by atoms with E-state index in [4.69, 9.17) is 9.52 Å². The van der Waals surface area contributed by atoms with Gasteiger partial charge in [-0.05, 0) is 38.5 Å². The number of hydrogen-bond donors (Lipinski definition) is 3. The number of carboxylic acid groups (broad SMARTS) is 1. The molecule has 2 aromatic heterocycles. The van der Waals surface area contributed by atoms with Crippen LogP contribution in [0.2, 0.25) is 0 Å². The number of aryl methyl sites for hydroxylation is 1. The molecular weight excluding hydrogens is 288 g/mol. The number of aromatic amines is 1. The van der Waals surface area contributed by atoms with Crippen molar-refractivity contribution in [3.05, 3.63) is 46.2 Å². The van der Waals surface area contributed by atoms with Gasteiger partial charge in [0, 0.05) is 11.3 Å². The van der Waals surface area contributed by atoms with Gasteiger partial charge in [0.15, 0.2) is 5.78 Å². The van der Waals surface area contributed by atoms with Gasteiger partial charge in [0.1, 0.15) is 11.5 Å². The molecule has 2 heterocycles. The maximum Gasteiger partial charge on any atom is 0.371 e. The summed E-state index contributed by atoms with van der Waals surface area (Å²) in [5.74, 6) is -1.52. The minimum absolute atomic E-state index is 0.0546. The van der Waals surface area contributed by atoms with E-state index in [1.54, 1.807) is 13.8 Å². The molecule has 2 aromatic rings.